The van der Waals surface area contributed by atoms with E-state index in [-0.39, 0.29) is 16.5 Å². The van der Waals surface area contributed by atoms with E-state index in [1.165, 1.54) is 0 Å². The first-order chi connectivity index (χ1) is 10.4. The van der Waals surface area contributed by atoms with E-state index in [4.69, 9.17) is 9.47 Å². The molecule has 0 saturated heterocycles. The fraction of sp³-hybridized carbons (Fsp3) is 0.579. The maximum absolute atomic E-state index is 5.82. The average molecular weight is 318 g/mol. The van der Waals surface area contributed by atoms with Crippen LogP contribution in [0.3, 0.4) is 0 Å². The zero-order valence-electron chi connectivity index (χ0n) is 15.7. The zero-order chi connectivity index (χ0) is 17.5. The van der Waals surface area contributed by atoms with Gasteiger partial charge in [0.15, 0.2) is 0 Å². The Labute approximate surface area is 140 Å². The van der Waals surface area contributed by atoms with Gasteiger partial charge in [-0.15, -0.1) is 0 Å². The predicted molar refractivity (Wildman–Crippen MR) is 93.6 cm³/mol. The standard InChI is InChI=1S/C19H30N2O2/c1-17(2,3)20-9-11-22-15(13-20)19(7,8)16-14-21(10-12-23-16)18(4,5)6/h9-14H,1-8H3. The lowest BCUT2D eigenvalue weighted by molar-refractivity contribution is 0.137. The Hall–Kier alpha value is -1.84. The van der Waals surface area contributed by atoms with Crippen molar-refractivity contribution in [1.29, 1.82) is 0 Å². The molecule has 0 atom stereocenters. The summed E-state index contributed by atoms with van der Waals surface area (Å²) in [5.74, 6) is 1.73. The number of hydrogen-bond acceptors (Lipinski definition) is 4. The van der Waals surface area contributed by atoms with Gasteiger partial charge in [-0.05, 0) is 55.4 Å². The van der Waals surface area contributed by atoms with Crippen molar-refractivity contribution in [2.24, 2.45) is 5.41 Å². The quantitative estimate of drug-likeness (QED) is 0.723. The molecular weight excluding hydrogens is 288 g/mol. The van der Waals surface area contributed by atoms with E-state index in [1.807, 2.05) is 12.4 Å². The van der Waals surface area contributed by atoms with Crippen LogP contribution in [0.2, 0.25) is 0 Å². The molecule has 2 aliphatic heterocycles. The molecule has 2 heterocycles. The van der Waals surface area contributed by atoms with Gasteiger partial charge < -0.3 is 19.3 Å². The van der Waals surface area contributed by atoms with Gasteiger partial charge in [0.1, 0.15) is 24.0 Å². The molecule has 4 nitrogen and oxygen atoms in total. The molecule has 0 aromatic carbocycles. The first-order valence-electron chi connectivity index (χ1n) is 8.10. The Kier molecular flexibility index (Phi) is 4.31. The van der Waals surface area contributed by atoms with Gasteiger partial charge in [0.25, 0.3) is 0 Å². The first-order valence-corrected chi connectivity index (χ1v) is 8.10. The molecule has 0 amide bonds. The Morgan fingerprint density at radius 1 is 0.652 bits per heavy atom. The maximum atomic E-state index is 5.82. The van der Waals surface area contributed by atoms with Crippen LogP contribution >= 0.6 is 0 Å². The van der Waals surface area contributed by atoms with Crippen molar-refractivity contribution in [3.8, 4) is 0 Å². The second-order valence-electron chi connectivity index (χ2n) is 8.57. The van der Waals surface area contributed by atoms with Gasteiger partial charge in [-0.3, -0.25) is 0 Å². The molecule has 2 aliphatic rings. The molecule has 0 spiro atoms. The van der Waals surface area contributed by atoms with Crippen LogP contribution in [-0.4, -0.2) is 20.9 Å². The van der Waals surface area contributed by atoms with Crippen LogP contribution in [0.15, 0.2) is 48.8 Å². The highest BCUT2D eigenvalue weighted by Crippen LogP contribution is 2.40. The van der Waals surface area contributed by atoms with Crippen LogP contribution < -0.4 is 0 Å². The molecule has 4 heteroatoms. The van der Waals surface area contributed by atoms with E-state index in [9.17, 15) is 0 Å². The number of rotatable bonds is 2. The molecular formula is C19H30N2O2. The maximum Gasteiger partial charge on any atom is 0.133 e. The lowest BCUT2D eigenvalue weighted by Crippen LogP contribution is -2.38. The fourth-order valence-corrected chi connectivity index (χ4v) is 2.31. The predicted octanol–water partition coefficient (Wildman–Crippen LogP) is 4.90. The molecule has 0 aromatic heterocycles. The second-order valence-corrected chi connectivity index (χ2v) is 8.57. The summed E-state index contributed by atoms with van der Waals surface area (Å²) < 4.78 is 11.6. The third-order valence-corrected chi connectivity index (χ3v) is 4.13. The molecule has 0 fully saturated rings. The van der Waals surface area contributed by atoms with Crippen molar-refractivity contribution in [2.45, 2.75) is 66.5 Å². The Balaban J connectivity index is 2.31. The highest BCUT2D eigenvalue weighted by atomic mass is 16.5. The third-order valence-electron chi connectivity index (χ3n) is 4.13. The summed E-state index contributed by atoms with van der Waals surface area (Å²) in [4.78, 5) is 4.32. The normalized spacial score (nSPS) is 19.1. The monoisotopic (exact) mass is 318 g/mol. The Bertz CT molecular complexity index is 519. The lowest BCUT2D eigenvalue weighted by atomic mass is 9.87. The fourth-order valence-electron chi connectivity index (χ4n) is 2.31. The van der Waals surface area contributed by atoms with Crippen LogP contribution in [0.1, 0.15) is 55.4 Å². The minimum Gasteiger partial charge on any atom is -0.465 e. The van der Waals surface area contributed by atoms with E-state index < -0.39 is 0 Å². The Morgan fingerprint density at radius 3 is 1.30 bits per heavy atom. The summed E-state index contributed by atoms with van der Waals surface area (Å²) >= 11 is 0. The van der Waals surface area contributed by atoms with Crippen molar-refractivity contribution >= 4 is 0 Å². The van der Waals surface area contributed by atoms with Crippen LogP contribution in [0.5, 0.6) is 0 Å². The molecule has 0 saturated carbocycles. The lowest BCUT2D eigenvalue weighted by Gasteiger charge is -2.40. The highest BCUT2D eigenvalue weighted by molar-refractivity contribution is 5.25. The van der Waals surface area contributed by atoms with Crippen molar-refractivity contribution in [2.75, 3.05) is 0 Å². The van der Waals surface area contributed by atoms with E-state index in [0.29, 0.717) is 0 Å². The minimum atomic E-state index is -0.372. The van der Waals surface area contributed by atoms with E-state index in [1.54, 1.807) is 12.5 Å². The van der Waals surface area contributed by atoms with Gasteiger partial charge in [0.05, 0.1) is 5.41 Å². The van der Waals surface area contributed by atoms with Crippen molar-refractivity contribution in [3.63, 3.8) is 0 Å². The summed E-state index contributed by atoms with van der Waals surface area (Å²) in [6.07, 6.45) is 11.5. The first kappa shape index (κ1) is 17.5. The zero-order valence-corrected chi connectivity index (χ0v) is 15.7. The molecule has 2 rings (SSSR count). The van der Waals surface area contributed by atoms with Gasteiger partial charge in [0.2, 0.25) is 0 Å². The number of nitrogens with zero attached hydrogens (tertiary/aromatic N) is 2. The summed E-state index contributed by atoms with van der Waals surface area (Å²) in [5, 5.41) is 0. The van der Waals surface area contributed by atoms with Crippen molar-refractivity contribution in [1.82, 2.24) is 9.80 Å². The summed E-state index contributed by atoms with van der Waals surface area (Å²) in [6.45, 7) is 17.3. The Morgan fingerprint density at radius 2 is 1.00 bits per heavy atom. The number of hydrogen-bond donors (Lipinski definition) is 0. The largest absolute Gasteiger partial charge is 0.465 e. The molecule has 0 aliphatic carbocycles. The van der Waals surface area contributed by atoms with Crippen molar-refractivity contribution in [3.05, 3.63) is 48.8 Å². The third kappa shape index (κ3) is 3.74. The second kappa shape index (κ2) is 5.66. The smallest absolute Gasteiger partial charge is 0.133 e. The van der Waals surface area contributed by atoms with Crippen LogP contribution in [0, 0.1) is 5.41 Å². The van der Waals surface area contributed by atoms with Gasteiger partial charge in [0, 0.05) is 35.9 Å². The summed E-state index contributed by atoms with van der Waals surface area (Å²) in [5.41, 5.74) is -0.371. The van der Waals surface area contributed by atoms with E-state index >= 15 is 0 Å². The van der Waals surface area contributed by atoms with Gasteiger partial charge in [-0.1, -0.05) is 0 Å². The molecule has 0 bridgehead atoms. The topological polar surface area (TPSA) is 24.9 Å². The number of ether oxygens (including phenoxy) is 2. The molecule has 0 aromatic rings. The van der Waals surface area contributed by atoms with E-state index in [0.717, 1.165) is 11.5 Å². The summed E-state index contributed by atoms with van der Waals surface area (Å²) in [7, 11) is 0. The SMILES string of the molecule is CC(C)(C1=CN(C(C)(C)C)C=CO1)C1=CN(C(C)(C)C)C=CO1. The van der Waals surface area contributed by atoms with Gasteiger partial charge in [-0.2, -0.15) is 0 Å². The molecule has 0 unspecified atom stereocenters. The highest BCUT2D eigenvalue weighted by Gasteiger charge is 2.36. The molecule has 23 heavy (non-hydrogen) atoms. The van der Waals surface area contributed by atoms with Crippen molar-refractivity contribution < 1.29 is 9.47 Å². The van der Waals surface area contributed by atoms with Gasteiger partial charge >= 0.3 is 0 Å². The van der Waals surface area contributed by atoms with Crippen LogP contribution in [0.4, 0.5) is 0 Å². The van der Waals surface area contributed by atoms with Crippen LogP contribution in [0.25, 0.3) is 0 Å². The minimum absolute atomic E-state index is 0.000755. The average Bonchev–Trinajstić information content (AvgIpc) is 2.46. The van der Waals surface area contributed by atoms with Crippen LogP contribution in [-0.2, 0) is 9.47 Å². The molecule has 128 valence electrons. The van der Waals surface area contributed by atoms with Gasteiger partial charge in [-0.25, -0.2) is 0 Å². The summed E-state index contributed by atoms with van der Waals surface area (Å²) in [6, 6.07) is 0. The molecule has 0 radical (unpaired) electrons. The molecule has 0 N–H and O–H groups in total. The van der Waals surface area contributed by atoms with E-state index in [2.05, 4.69) is 77.6 Å².